The molecular formula is C28H33N5O3. The molecule has 1 N–H and O–H groups in total. The topological polar surface area (TPSA) is 90.9 Å². The van der Waals surface area contributed by atoms with Crippen molar-refractivity contribution >= 4 is 16.9 Å². The molecule has 4 aromatic rings. The first kappa shape index (κ1) is 25.2. The van der Waals surface area contributed by atoms with Gasteiger partial charge < -0.3 is 5.32 Å². The lowest BCUT2D eigenvalue weighted by molar-refractivity contribution is -0.122. The zero-order chi connectivity index (χ0) is 25.7. The van der Waals surface area contributed by atoms with E-state index in [4.69, 9.17) is 0 Å². The number of nitrogens with one attached hydrogen (secondary N) is 1. The van der Waals surface area contributed by atoms with Crippen molar-refractivity contribution in [2.24, 2.45) is 0 Å². The molecule has 0 aliphatic carbocycles. The zero-order valence-corrected chi connectivity index (χ0v) is 21.1. The summed E-state index contributed by atoms with van der Waals surface area (Å²) in [5.74, 6) is -0.268. The molecule has 0 saturated heterocycles. The number of hydrogen-bond donors (Lipinski definition) is 1. The second kappa shape index (κ2) is 11.2. The molecule has 1 atom stereocenters. The Morgan fingerprint density at radius 1 is 0.917 bits per heavy atom. The first-order chi connectivity index (χ1) is 17.4. The van der Waals surface area contributed by atoms with Gasteiger partial charge >= 0.3 is 5.69 Å². The summed E-state index contributed by atoms with van der Waals surface area (Å²) in [4.78, 5) is 39.9. The summed E-state index contributed by atoms with van der Waals surface area (Å²) in [5, 5.41) is 7.48. The SMILES string of the molecule is CCn1nc(C)c2c1c(=O)n(CCc1ccccc1)c(=O)n2CC(=O)NC(C)CCc1ccccc1. The van der Waals surface area contributed by atoms with Gasteiger partial charge in [-0.1, -0.05) is 60.7 Å². The maximum absolute atomic E-state index is 13.5. The Balaban J connectivity index is 1.60. The van der Waals surface area contributed by atoms with Crippen LogP contribution in [0, 0.1) is 6.92 Å². The number of aryl methyl sites for hydroxylation is 4. The van der Waals surface area contributed by atoms with Crippen LogP contribution in [0.25, 0.3) is 11.0 Å². The Hall–Kier alpha value is -3.94. The molecule has 1 amide bonds. The number of carbonyl (C=O) groups is 1. The average molecular weight is 488 g/mol. The van der Waals surface area contributed by atoms with Crippen molar-refractivity contribution in [2.45, 2.75) is 65.7 Å². The minimum absolute atomic E-state index is 0.0626. The molecule has 36 heavy (non-hydrogen) atoms. The van der Waals surface area contributed by atoms with Crippen LogP contribution in [0.1, 0.15) is 37.1 Å². The molecule has 0 bridgehead atoms. The number of hydrogen-bond acceptors (Lipinski definition) is 4. The molecule has 1 unspecified atom stereocenters. The number of benzene rings is 2. The highest BCUT2D eigenvalue weighted by atomic mass is 16.2. The van der Waals surface area contributed by atoms with Gasteiger partial charge in [0.1, 0.15) is 12.1 Å². The summed E-state index contributed by atoms with van der Waals surface area (Å²) in [6.07, 6.45) is 2.16. The van der Waals surface area contributed by atoms with E-state index in [9.17, 15) is 14.4 Å². The van der Waals surface area contributed by atoms with Crippen LogP contribution in [0.3, 0.4) is 0 Å². The van der Waals surface area contributed by atoms with E-state index >= 15 is 0 Å². The van der Waals surface area contributed by atoms with Gasteiger partial charge in [0.05, 0.1) is 5.69 Å². The molecule has 8 nitrogen and oxygen atoms in total. The van der Waals surface area contributed by atoms with Crippen molar-refractivity contribution in [1.29, 1.82) is 0 Å². The molecule has 8 heteroatoms. The van der Waals surface area contributed by atoms with Gasteiger partial charge in [0, 0.05) is 19.1 Å². The molecule has 0 aliphatic rings. The quantitative estimate of drug-likeness (QED) is 0.372. The zero-order valence-electron chi connectivity index (χ0n) is 21.1. The van der Waals surface area contributed by atoms with Gasteiger partial charge in [-0.25, -0.2) is 4.79 Å². The minimum atomic E-state index is -0.491. The maximum Gasteiger partial charge on any atom is 0.332 e. The largest absolute Gasteiger partial charge is 0.352 e. The van der Waals surface area contributed by atoms with Crippen LogP contribution in [0.5, 0.6) is 0 Å². The number of rotatable bonds is 10. The Kier molecular flexibility index (Phi) is 7.83. The smallest absolute Gasteiger partial charge is 0.332 e. The molecule has 0 fully saturated rings. The van der Waals surface area contributed by atoms with Gasteiger partial charge in [-0.3, -0.25) is 23.4 Å². The molecule has 4 rings (SSSR count). The first-order valence-electron chi connectivity index (χ1n) is 12.5. The van der Waals surface area contributed by atoms with E-state index in [1.165, 1.54) is 14.7 Å². The van der Waals surface area contributed by atoms with E-state index in [-0.39, 0.29) is 30.6 Å². The fourth-order valence-corrected chi connectivity index (χ4v) is 4.59. The monoisotopic (exact) mass is 487 g/mol. The van der Waals surface area contributed by atoms with Crippen molar-refractivity contribution in [2.75, 3.05) is 0 Å². The highest BCUT2D eigenvalue weighted by molar-refractivity contribution is 5.81. The van der Waals surface area contributed by atoms with Crippen LogP contribution in [-0.4, -0.2) is 30.9 Å². The first-order valence-corrected chi connectivity index (χ1v) is 12.5. The van der Waals surface area contributed by atoms with Gasteiger partial charge in [-0.15, -0.1) is 0 Å². The van der Waals surface area contributed by atoms with E-state index in [2.05, 4.69) is 22.5 Å². The molecule has 0 spiro atoms. The van der Waals surface area contributed by atoms with Gasteiger partial charge in [0.25, 0.3) is 5.56 Å². The molecule has 0 aliphatic heterocycles. The molecule has 2 aromatic heterocycles. The van der Waals surface area contributed by atoms with Crippen molar-refractivity contribution < 1.29 is 4.79 Å². The van der Waals surface area contributed by atoms with Crippen molar-refractivity contribution in [3.63, 3.8) is 0 Å². The van der Waals surface area contributed by atoms with Crippen molar-refractivity contribution in [1.82, 2.24) is 24.2 Å². The lowest BCUT2D eigenvalue weighted by Crippen LogP contribution is -2.44. The third-order valence-corrected chi connectivity index (χ3v) is 6.46. The lowest BCUT2D eigenvalue weighted by Gasteiger charge is -2.16. The fraction of sp³-hybridized carbons (Fsp3) is 0.357. The molecule has 0 saturated carbocycles. The van der Waals surface area contributed by atoms with Crippen LogP contribution in [0.2, 0.25) is 0 Å². The number of aromatic nitrogens is 4. The normalized spacial score (nSPS) is 12.1. The van der Waals surface area contributed by atoms with Crippen LogP contribution in [-0.2, 0) is 37.3 Å². The minimum Gasteiger partial charge on any atom is -0.352 e. The number of amides is 1. The summed E-state index contributed by atoms with van der Waals surface area (Å²) in [7, 11) is 0. The highest BCUT2D eigenvalue weighted by Gasteiger charge is 2.22. The van der Waals surface area contributed by atoms with Crippen molar-refractivity contribution in [3.05, 3.63) is 98.3 Å². The Morgan fingerprint density at radius 3 is 2.14 bits per heavy atom. The van der Waals surface area contributed by atoms with E-state index < -0.39 is 5.69 Å². The molecule has 2 aromatic carbocycles. The second-order valence-electron chi connectivity index (χ2n) is 9.15. The Morgan fingerprint density at radius 2 is 1.53 bits per heavy atom. The third-order valence-electron chi connectivity index (χ3n) is 6.46. The standard InChI is InChI=1S/C28H33N5O3/c1-4-33-26-25(21(3)30-33)32(19-24(34)29-20(2)15-16-22-11-7-5-8-12-22)28(36)31(27(26)35)18-17-23-13-9-6-10-14-23/h5-14,20H,4,15-19H2,1-3H3,(H,29,34). The summed E-state index contributed by atoms with van der Waals surface area (Å²) in [5.41, 5.74) is 2.71. The van der Waals surface area contributed by atoms with Crippen molar-refractivity contribution in [3.8, 4) is 0 Å². The summed E-state index contributed by atoms with van der Waals surface area (Å²) < 4.78 is 4.24. The lowest BCUT2D eigenvalue weighted by atomic mass is 10.1. The number of nitrogens with zero attached hydrogens (tertiary/aromatic N) is 4. The van der Waals surface area contributed by atoms with Gasteiger partial charge in [0.15, 0.2) is 5.52 Å². The number of fused-ring (bicyclic) bond motifs is 1. The highest BCUT2D eigenvalue weighted by Crippen LogP contribution is 2.14. The Labute approximate surface area is 210 Å². The van der Waals surface area contributed by atoms with Gasteiger partial charge in [-0.05, 0) is 51.2 Å². The van der Waals surface area contributed by atoms with E-state index in [0.717, 1.165) is 18.4 Å². The van der Waals surface area contributed by atoms with Crippen LogP contribution >= 0.6 is 0 Å². The predicted molar refractivity (Wildman–Crippen MR) is 141 cm³/mol. The average Bonchev–Trinajstić information content (AvgIpc) is 3.22. The molecule has 2 heterocycles. The third kappa shape index (κ3) is 5.48. The second-order valence-corrected chi connectivity index (χ2v) is 9.15. The maximum atomic E-state index is 13.5. The molecular weight excluding hydrogens is 454 g/mol. The predicted octanol–water partition coefficient (Wildman–Crippen LogP) is 3.07. The van der Waals surface area contributed by atoms with E-state index in [0.29, 0.717) is 29.7 Å². The van der Waals surface area contributed by atoms with Crippen LogP contribution < -0.4 is 16.6 Å². The van der Waals surface area contributed by atoms with Gasteiger partial charge in [-0.2, -0.15) is 5.10 Å². The summed E-state index contributed by atoms with van der Waals surface area (Å²) >= 11 is 0. The fourth-order valence-electron chi connectivity index (χ4n) is 4.59. The molecule has 0 radical (unpaired) electrons. The van der Waals surface area contributed by atoms with E-state index in [1.807, 2.05) is 62.4 Å². The van der Waals surface area contributed by atoms with E-state index in [1.54, 1.807) is 11.6 Å². The van der Waals surface area contributed by atoms with Gasteiger partial charge in [0.2, 0.25) is 5.91 Å². The summed E-state index contributed by atoms with van der Waals surface area (Å²) in [6.45, 7) is 6.15. The number of carbonyl (C=O) groups excluding carboxylic acids is 1. The van der Waals surface area contributed by atoms with Crippen LogP contribution in [0.4, 0.5) is 0 Å². The summed E-state index contributed by atoms with van der Waals surface area (Å²) in [6, 6.07) is 19.8. The van der Waals surface area contributed by atoms with Crippen LogP contribution in [0.15, 0.2) is 70.3 Å². The Bertz CT molecular complexity index is 1450. The molecule has 188 valence electrons.